The van der Waals surface area contributed by atoms with Gasteiger partial charge < -0.3 is 4.74 Å². The van der Waals surface area contributed by atoms with Crippen molar-refractivity contribution >= 4 is 5.90 Å². The Morgan fingerprint density at radius 2 is 2.08 bits per heavy atom. The number of nitrogens with zero attached hydrogens (tertiary/aromatic N) is 2. The van der Waals surface area contributed by atoms with E-state index in [0.29, 0.717) is 5.90 Å². The minimum Gasteiger partial charge on any atom is -0.480 e. The lowest BCUT2D eigenvalue weighted by molar-refractivity contribution is 0.336. The van der Waals surface area contributed by atoms with Crippen LogP contribution in [0.3, 0.4) is 0 Å². The maximum Gasteiger partial charge on any atom is 0.230 e. The highest BCUT2D eigenvalue weighted by Gasteiger charge is 1.94. The first-order valence-corrected chi connectivity index (χ1v) is 4.08. The maximum atomic E-state index is 5.07. The molecule has 0 aliphatic carbocycles. The zero-order valence-corrected chi connectivity index (χ0v) is 8.59. The highest BCUT2D eigenvalue weighted by molar-refractivity contribution is 5.87. The molecule has 0 rings (SSSR count). The first kappa shape index (κ1) is 11.0. The Balaban J connectivity index is 4.33. The van der Waals surface area contributed by atoms with Gasteiger partial charge in [-0.3, -0.25) is 5.01 Å². The van der Waals surface area contributed by atoms with Gasteiger partial charge in [-0.25, -0.2) is 0 Å². The van der Waals surface area contributed by atoms with Crippen molar-refractivity contribution in [1.82, 2.24) is 5.01 Å². The van der Waals surface area contributed by atoms with Crippen molar-refractivity contribution in [2.75, 3.05) is 20.7 Å². The van der Waals surface area contributed by atoms with E-state index in [2.05, 4.69) is 5.10 Å². The smallest absolute Gasteiger partial charge is 0.230 e. The van der Waals surface area contributed by atoms with Crippen molar-refractivity contribution in [2.24, 2.45) is 5.10 Å². The molecule has 3 heteroatoms. The van der Waals surface area contributed by atoms with Crippen molar-refractivity contribution in [3.8, 4) is 0 Å². The van der Waals surface area contributed by atoms with Crippen LogP contribution >= 0.6 is 0 Å². The average Bonchev–Trinajstić information content (AvgIpc) is 2.02. The van der Waals surface area contributed by atoms with E-state index in [9.17, 15) is 0 Å². The topological polar surface area (TPSA) is 24.8 Å². The molecule has 0 amide bonds. The summed E-state index contributed by atoms with van der Waals surface area (Å²) in [7, 11) is 3.54. The third kappa shape index (κ3) is 4.77. The summed E-state index contributed by atoms with van der Waals surface area (Å²) in [6.45, 7) is 6.95. The summed E-state index contributed by atoms with van der Waals surface area (Å²) < 4.78 is 5.07. The van der Waals surface area contributed by atoms with Crippen LogP contribution in [0.25, 0.3) is 0 Å². The lowest BCUT2D eigenvalue weighted by Crippen LogP contribution is -2.13. The van der Waals surface area contributed by atoms with E-state index in [1.165, 1.54) is 5.57 Å². The van der Waals surface area contributed by atoms with Gasteiger partial charge in [0.1, 0.15) is 0 Å². The second-order valence-electron chi connectivity index (χ2n) is 2.84. The molecule has 3 nitrogen and oxygen atoms in total. The second-order valence-corrected chi connectivity index (χ2v) is 2.84. The molecule has 0 aliphatic heterocycles. The zero-order chi connectivity index (χ0) is 9.56. The highest BCUT2D eigenvalue weighted by atomic mass is 16.5. The van der Waals surface area contributed by atoms with Crippen LogP contribution in [-0.4, -0.2) is 31.6 Å². The standard InChI is InChI=1S/C9H18N2O/c1-6-11(4)10-9(12-5)7-8(2)3/h7H,6H2,1-5H3/b10-9+. The summed E-state index contributed by atoms with van der Waals surface area (Å²) in [6, 6.07) is 0. The fourth-order valence-electron chi connectivity index (χ4n) is 0.615. The molecule has 70 valence electrons. The Morgan fingerprint density at radius 1 is 1.50 bits per heavy atom. The quantitative estimate of drug-likeness (QED) is 0.367. The fourth-order valence-corrected chi connectivity index (χ4v) is 0.615. The molecule has 0 spiro atoms. The molecule has 0 aromatic carbocycles. The predicted octanol–water partition coefficient (Wildman–Crippen LogP) is 1.86. The van der Waals surface area contributed by atoms with Gasteiger partial charge in [0.2, 0.25) is 5.90 Å². The summed E-state index contributed by atoms with van der Waals surface area (Å²) in [5.41, 5.74) is 1.18. The summed E-state index contributed by atoms with van der Waals surface area (Å²) in [6.07, 6.45) is 1.91. The molecule has 0 saturated carbocycles. The van der Waals surface area contributed by atoms with Crippen LogP contribution in [0.15, 0.2) is 16.8 Å². The SMILES string of the molecule is CCN(C)/N=C(\C=C(C)C)OC. The molecule has 0 aromatic heterocycles. The molecule has 0 aliphatic rings. The normalized spacial score (nSPS) is 10.9. The van der Waals surface area contributed by atoms with Gasteiger partial charge in [-0.05, 0) is 20.8 Å². The molecular formula is C9H18N2O. The van der Waals surface area contributed by atoms with Gasteiger partial charge in [0.05, 0.1) is 7.11 Å². The van der Waals surface area contributed by atoms with Crippen molar-refractivity contribution in [2.45, 2.75) is 20.8 Å². The van der Waals surface area contributed by atoms with Gasteiger partial charge in [0, 0.05) is 19.7 Å². The van der Waals surface area contributed by atoms with Crippen LogP contribution in [-0.2, 0) is 4.74 Å². The Kier molecular flexibility index (Phi) is 5.17. The molecule has 0 saturated heterocycles. The van der Waals surface area contributed by atoms with E-state index in [1.807, 2.05) is 38.9 Å². The summed E-state index contributed by atoms with van der Waals surface area (Å²) in [4.78, 5) is 0. The molecule has 0 N–H and O–H groups in total. The first-order chi connectivity index (χ1) is 5.60. The van der Waals surface area contributed by atoms with E-state index < -0.39 is 0 Å². The van der Waals surface area contributed by atoms with Gasteiger partial charge in [-0.2, -0.15) is 0 Å². The molecule has 0 aromatic rings. The van der Waals surface area contributed by atoms with Crippen LogP contribution in [0.2, 0.25) is 0 Å². The van der Waals surface area contributed by atoms with E-state index in [1.54, 1.807) is 7.11 Å². The zero-order valence-electron chi connectivity index (χ0n) is 8.59. The van der Waals surface area contributed by atoms with Crippen molar-refractivity contribution in [3.05, 3.63) is 11.6 Å². The third-order valence-electron chi connectivity index (χ3n) is 1.35. The number of rotatable bonds is 3. The summed E-state index contributed by atoms with van der Waals surface area (Å²) in [5.74, 6) is 0.652. The minimum atomic E-state index is 0.652. The van der Waals surface area contributed by atoms with Crippen LogP contribution in [0, 0.1) is 0 Å². The number of hydrogen-bond donors (Lipinski definition) is 0. The van der Waals surface area contributed by atoms with Gasteiger partial charge in [0.25, 0.3) is 0 Å². The second kappa shape index (κ2) is 5.63. The molecule has 0 unspecified atom stereocenters. The van der Waals surface area contributed by atoms with Gasteiger partial charge in [0.15, 0.2) is 0 Å². The molecule has 0 fully saturated rings. The molecular weight excluding hydrogens is 152 g/mol. The Bertz CT molecular complexity index is 181. The number of methoxy groups -OCH3 is 1. The monoisotopic (exact) mass is 170 g/mol. The first-order valence-electron chi connectivity index (χ1n) is 4.08. The van der Waals surface area contributed by atoms with Gasteiger partial charge in [-0.1, -0.05) is 5.57 Å². The number of ether oxygens (including phenoxy) is 1. The van der Waals surface area contributed by atoms with Crippen LogP contribution < -0.4 is 0 Å². The highest BCUT2D eigenvalue weighted by Crippen LogP contribution is 1.94. The molecule has 0 atom stereocenters. The van der Waals surface area contributed by atoms with Crippen molar-refractivity contribution < 1.29 is 4.74 Å². The van der Waals surface area contributed by atoms with Crippen molar-refractivity contribution in [3.63, 3.8) is 0 Å². The predicted molar refractivity (Wildman–Crippen MR) is 52.2 cm³/mol. The molecule has 12 heavy (non-hydrogen) atoms. The minimum absolute atomic E-state index is 0.652. The van der Waals surface area contributed by atoms with Crippen molar-refractivity contribution in [1.29, 1.82) is 0 Å². The third-order valence-corrected chi connectivity index (χ3v) is 1.35. The number of allylic oxidation sites excluding steroid dienone is 1. The molecule has 0 radical (unpaired) electrons. The summed E-state index contributed by atoms with van der Waals surface area (Å²) in [5, 5.41) is 6.04. The van der Waals surface area contributed by atoms with E-state index in [4.69, 9.17) is 4.74 Å². The van der Waals surface area contributed by atoms with Crippen LogP contribution in [0.5, 0.6) is 0 Å². The number of hydrogen-bond acceptors (Lipinski definition) is 3. The van der Waals surface area contributed by atoms with Crippen LogP contribution in [0.4, 0.5) is 0 Å². The molecule has 0 heterocycles. The van der Waals surface area contributed by atoms with Gasteiger partial charge in [-0.15, -0.1) is 5.10 Å². The van der Waals surface area contributed by atoms with Gasteiger partial charge >= 0.3 is 0 Å². The Morgan fingerprint density at radius 3 is 2.42 bits per heavy atom. The van der Waals surface area contributed by atoms with E-state index in [0.717, 1.165) is 6.54 Å². The fraction of sp³-hybridized carbons (Fsp3) is 0.667. The lowest BCUT2D eigenvalue weighted by Gasteiger charge is -2.10. The van der Waals surface area contributed by atoms with E-state index in [-0.39, 0.29) is 0 Å². The lowest BCUT2D eigenvalue weighted by atomic mass is 10.3. The van der Waals surface area contributed by atoms with E-state index >= 15 is 0 Å². The van der Waals surface area contributed by atoms with Crippen LogP contribution in [0.1, 0.15) is 20.8 Å². The summed E-state index contributed by atoms with van der Waals surface area (Å²) >= 11 is 0. The average molecular weight is 170 g/mol. The molecule has 0 bridgehead atoms. The number of hydrazone groups is 1. The largest absolute Gasteiger partial charge is 0.480 e. The maximum absolute atomic E-state index is 5.07. The Labute approximate surface area is 74.7 Å². The Hall–Kier alpha value is -0.990.